The summed E-state index contributed by atoms with van der Waals surface area (Å²) in [5, 5.41) is 0. The number of benzene rings is 1. The van der Waals surface area contributed by atoms with Crippen LogP contribution in [0.1, 0.15) is 11.1 Å². The number of aldehydes is 1. The smallest absolute Gasteiger partial charge is 0.125 e. The molecule has 12 heavy (non-hydrogen) atoms. The summed E-state index contributed by atoms with van der Waals surface area (Å²) in [6.45, 7) is 1.97. The second-order valence-corrected chi connectivity index (χ2v) is 2.64. The maximum absolute atomic E-state index is 10.3. The highest BCUT2D eigenvalue weighted by atomic mass is 16.5. The molecule has 1 aromatic rings. The zero-order valence-corrected chi connectivity index (χ0v) is 7.33. The molecule has 2 heteroatoms. The third-order valence-corrected chi connectivity index (χ3v) is 1.80. The molecule has 0 aromatic heterocycles. The zero-order chi connectivity index (χ0) is 8.97. The fourth-order valence-corrected chi connectivity index (χ4v) is 1.26. The highest BCUT2D eigenvalue weighted by molar-refractivity contribution is 5.58. The standard InChI is InChI=1S/C10H12O2/c1-8-4-3-5-9(6-7-11)10(8)12-2/h3-5,7H,6H2,1-2H3. The molecule has 2 nitrogen and oxygen atoms in total. The summed E-state index contributed by atoms with van der Waals surface area (Å²) in [6.07, 6.45) is 1.31. The van der Waals surface area contributed by atoms with Gasteiger partial charge in [-0.3, -0.25) is 0 Å². The molecule has 0 spiro atoms. The van der Waals surface area contributed by atoms with E-state index in [4.69, 9.17) is 4.74 Å². The van der Waals surface area contributed by atoms with Gasteiger partial charge >= 0.3 is 0 Å². The van der Waals surface area contributed by atoms with Gasteiger partial charge in [0.1, 0.15) is 12.0 Å². The van der Waals surface area contributed by atoms with E-state index in [-0.39, 0.29) is 0 Å². The highest BCUT2D eigenvalue weighted by Gasteiger charge is 2.03. The van der Waals surface area contributed by atoms with Crippen LogP contribution in [0.2, 0.25) is 0 Å². The second-order valence-electron chi connectivity index (χ2n) is 2.64. The lowest BCUT2D eigenvalue weighted by molar-refractivity contribution is -0.107. The normalized spacial score (nSPS) is 9.50. The lowest BCUT2D eigenvalue weighted by atomic mass is 10.1. The molecular formula is C10H12O2. The van der Waals surface area contributed by atoms with E-state index in [9.17, 15) is 4.79 Å². The topological polar surface area (TPSA) is 26.3 Å². The number of ether oxygens (including phenoxy) is 1. The SMILES string of the molecule is COc1c(C)cccc1CC=O. The summed E-state index contributed by atoms with van der Waals surface area (Å²) in [7, 11) is 1.62. The van der Waals surface area contributed by atoms with Crippen molar-refractivity contribution in [3.63, 3.8) is 0 Å². The molecule has 0 atom stereocenters. The van der Waals surface area contributed by atoms with Crippen molar-refractivity contribution in [1.82, 2.24) is 0 Å². The molecular weight excluding hydrogens is 152 g/mol. The molecule has 1 aromatic carbocycles. The maximum Gasteiger partial charge on any atom is 0.125 e. The van der Waals surface area contributed by atoms with E-state index >= 15 is 0 Å². The van der Waals surface area contributed by atoms with Crippen molar-refractivity contribution in [2.24, 2.45) is 0 Å². The largest absolute Gasteiger partial charge is 0.496 e. The molecule has 0 N–H and O–H groups in total. The van der Waals surface area contributed by atoms with Crippen LogP contribution in [0.15, 0.2) is 18.2 Å². The van der Waals surface area contributed by atoms with E-state index in [1.54, 1.807) is 7.11 Å². The van der Waals surface area contributed by atoms with Crippen LogP contribution in [0.25, 0.3) is 0 Å². The van der Waals surface area contributed by atoms with E-state index in [1.807, 2.05) is 25.1 Å². The Morgan fingerprint density at radius 2 is 2.25 bits per heavy atom. The Hall–Kier alpha value is -1.31. The number of carbonyl (C=O) groups is 1. The number of hydrogen-bond acceptors (Lipinski definition) is 2. The fraction of sp³-hybridized carbons (Fsp3) is 0.300. The van der Waals surface area contributed by atoms with Crippen molar-refractivity contribution < 1.29 is 9.53 Å². The number of hydrogen-bond donors (Lipinski definition) is 0. The van der Waals surface area contributed by atoms with Crippen molar-refractivity contribution in [3.05, 3.63) is 29.3 Å². The van der Waals surface area contributed by atoms with Crippen molar-refractivity contribution in [2.45, 2.75) is 13.3 Å². The molecule has 1 rings (SSSR count). The summed E-state index contributed by atoms with van der Waals surface area (Å²) >= 11 is 0. The van der Waals surface area contributed by atoms with Crippen LogP contribution in [0.5, 0.6) is 5.75 Å². The summed E-state index contributed by atoms with van der Waals surface area (Å²) in [4.78, 5) is 10.3. The molecule has 0 bridgehead atoms. The third kappa shape index (κ3) is 1.64. The van der Waals surface area contributed by atoms with E-state index in [1.165, 1.54) is 0 Å². The zero-order valence-electron chi connectivity index (χ0n) is 7.33. The van der Waals surface area contributed by atoms with E-state index in [0.29, 0.717) is 6.42 Å². The molecule has 0 unspecified atom stereocenters. The van der Waals surface area contributed by atoms with Gasteiger partial charge in [-0.1, -0.05) is 18.2 Å². The Morgan fingerprint density at radius 3 is 2.83 bits per heavy atom. The predicted molar refractivity (Wildman–Crippen MR) is 47.5 cm³/mol. The summed E-state index contributed by atoms with van der Waals surface area (Å²) < 4.78 is 5.17. The lowest BCUT2D eigenvalue weighted by Crippen LogP contribution is -1.94. The van der Waals surface area contributed by atoms with Crippen LogP contribution < -0.4 is 4.74 Å². The average molecular weight is 164 g/mol. The van der Waals surface area contributed by atoms with E-state index < -0.39 is 0 Å². The Labute approximate surface area is 72.2 Å². The Morgan fingerprint density at radius 1 is 1.50 bits per heavy atom. The summed E-state index contributed by atoms with van der Waals surface area (Å²) in [6, 6.07) is 5.80. The van der Waals surface area contributed by atoms with Gasteiger partial charge in [-0.2, -0.15) is 0 Å². The molecule has 0 heterocycles. The Bertz CT molecular complexity index is 279. The number of methoxy groups -OCH3 is 1. The molecule has 0 saturated carbocycles. The van der Waals surface area contributed by atoms with E-state index in [0.717, 1.165) is 23.2 Å². The third-order valence-electron chi connectivity index (χ3n) is 1.80. The van der Waals surface area contributed by atoms with Gasteiger partial charge in [0.2, 0.25) is 0 Å². The van der Waals surface area contributed by atoms with Gasteiger partial charge in [-0.25, -0.2) is 0 Å². The van der Waals surface area contributed by atoms with Gasteiger partial charge in [0.25, 0.3) is 0 Å². The Balaban J connectivity index is 3.08. The first-order valence-electron chi connectivity index (χ1n) is 3.85. The molecule has 0 aliphatic rings. The lowest BCUT2D eigenvalue weighted by Gasteiger charge is -2.08. The predicted octanol–water partition coefficient (Wildman–Crippen LogP) is 1.75. The monoisotopic (exact) mass is 164 g/mol. The van der Waals surface area contributed by atoms with Gasteiger partial charge in [-0.05, 0) is 12.5 Å². The first-order chi connectivity index (χ1) is 5.79. The van der Waals surface area contributed by atoms with Crippen molar-refractivity contribution >= 4 is 6.29 Å². The van der Waals surface area contributed by atoms with Crippen molar-refractivity contribution in [1.29, 1.82) is 0 Å². The van der Waals surface area contributed by atoms with Gasteiger partial charge in [0.05, 0.1) is 7.11 Å². The first-order valence-corrected chi connectivity index (χ1v) is 3.85. The molecule has 0 radical (unpaired) electrons. The van der Waals surface area contributed by atoms with Crippen LogP contribution >= 0.6 is 0 Å². The van der Waals surface area contributed by atoms with Crippen LogP contribution in [0.3, 0.4) is 0 Å². The van der Waals surface area contributed by atoms with E-state index in [2.05, 4.69) is 0 Å². The van der Waals surface area contributed by atoms with Crippen molar-refractivity contribution in [3.8, 4) is 5.75 Å². The minimum Gasteiger partial charge on any atom is -0.496 e. The van der Waals surface area contributed by atoms with Gasteiger partial charge in [0.15, 0.2) is 0 Å². The summed E-state index contributed by atoms with van der Waals surface area (Å²) in [5.74, 6) is 0.824. The molecule has 64 valence electrons. The summed E-state index contributed by atoms with van der Waals surface area (Å²) in [5.41, 5.74) is 2.02. The number of aryl methyl sites for hydroxylation is 1. The second kappa shape index (κ2) is 3.90. The maximum atomic E-state index is 10.3. The molecule has 0 amide bonds. The minimum absolute atomic E-state index is 0.421. The van der Waals surface area contributed by atoms with Crippen LogP contribution in [0.4, 0.5) is 0 Å². The fourth-order valence-electron chi connectivity index (χ4n) is 1.26. The van der Waals surface area contributed by atoms with Crippen LogP contribution in [0, 0.1) is 6.92 Å². The van der Waals surface area contributed by atoms with Crippen LogP contribution in [-0.2, 0) is 11.2 Å². The molecule has 0 aliphatic carbocycles. The molecule has 0 aliphatic heterocycles. The van der Waals surface area contributed by atoms with Crippen molar-refractivity contribution in [2.75, 3.05) is 7.11 Å². The quantitative estimate of drug-likeness (QED) is 0.636. The number of rotatable bonds is 3. The average Bonchev–Trinajstić information content (AvgIpc) is 2.05. The van der Waals surface area contributed by atoms with Crippen LogP contribution in [-0.4, -0.2) is 13.4 Å². The molecule has 0 fully saturated rings. The Kier molecular flexibility index (Phi) is 2.86. The highest BCUT2D eigenvalue weighted by Crippen LogP contribution is 2.22. The number of carbonyl (C=O) groups excluding carboxylic acids is 1. The first kappa shape index (κ1) is 8.78. The minimum atomic E-state index is 0.421. The number of para-hydroxylation sites is 1. The molecule has 0 saturated heterocycles. The van der Waals surface area contributed by atoms with Gasteiger partial charge in [-0.15, -0.1) is 0 Å². The van der Waals surface area contributed by atoms with Gasteiger partial charge < -0.3 is 9.53 Å². The van der Waals surface area contributed by atoms with Gasteiger partial charge in [0, 0.05) is 12.0 Å².